The lowest BCUT2D eigenvalue weighted by Crippen LogP contribution is -2.33. The van der Waals surface area contributed by atoms with Gasteiger partial charge in [0.05, 0.1) is 12.6 Å². The number of nitrogens with zero attached hydrogens (tertiary/aromatic N) is 1. The summed E-state index contributed by atoms with van der Waals surface area (Å²) < 4.78 is 11.1. The molecule has 146 valence electrons. The summed E-state index contributed by atoms with van der Waals surface area (Å²) in [6, 6.07) is 19.5. The summed E-state index contributed by atoms with van der Waals surface area (Å²) in [4.78, 5) is 26.6. The van der Waals surface area contributed by atoms with Crippen molar-refractivity contribution in [3.05, 3.63) is 71.8 Å². The first-order valence-corrected chi connectivity index (χ1v) is 9.65. The van der Waals surface area contributed by atoms with Gasteiger partial charge in [0, 0.05) is 18.0 Å². The van der Waals surface area contributed by atoms with Crippen molar-refractivity contribution in [3.63, 3.8) is 0 Å². The van der Waals surface area contributed by atoms with Crippen molar-refractivity contribution < 1.29 is 19.1 Å². The van der Waals surface area contributed by atoms with Crippen molar-refractivity contribution in [1.29, 1.82) is 0 Å². The second-order valence-corrected chi connectivity index (χ2v) is 7.21. The highest BCUT2D eigenvalue weighted by atomic mass is 16.5. The van der Waals surface area contributed by atoms with Gasteiger partial charge >= 0.3 is 6.09 Å². The van der Waals surface area contributed by atoms with E-state index in [2.05, 4.69) is 5.32 Å². The van der Waals surface area contributed by atoms with E-state index >= 15 is 0 Å². The van der Waals surface area contributed by atoms with Crippen LogP contribution in [0.15, 0.2) is 60.7 Å². The zero-order valence-electron chi connectivity index (χ0n) is 15.6. The number of amides is 2. The molecule has 2 amide bonds. The average Bonchev–Trinajstić information content (AvgIpc) is 3.28. The van der Waals surface area contributed by atoms with Gasteiger partial charge in [-0.15, -0.1) is 0 Å². The van der Waals surface area contributed by atoms with Crippen molar-refractivity contribution in [1.82, 2.24) is 10.2 Å². The van der Waals surface area contributed by atoms with E-state index in [0.717, 1.165) is 17.5 Å². The van der Waals surface area contributed by atoms with Crippen LogP contribution in [0.1, 0.15) is 30.2 Å². The molecule has 3 atom stereocenters. The van der Waals surface area contributed by atoms with Gasteiger partial charge in [-0.3, -0.25) is 4.79 Å². The number of fused-ring (bicyclic) bond motifs is 1. The van der Waals surface area contributed by atoms with Gasteiger partial charge in [0.2, 0.25) is 5.91 Å². The molecule has 2 aliphatic heterocycles. The topological polar surface area (TPSA) is 67.9 Å². The summed E-state index contributed by atoms with van der Waals surface area (Å²) in [5.74, 6) is 0.0188. The Bertz CT molecular complexity index is 812. The summed E-state index contributed by atoms with van der Waals surface area (Å²) in [7, 11) is 0. The van der Waals surface area contributed by atoms with Gasteiger partial charge in [0.15, 0.2) is 6.23 Å². The Morgan fingerprint density at radius 2 is 1.82 bits per heavy atom. The van der Waals surface area contributed by atoms with Crippen LogP contribution in [-0.4, -0.2) is 36.1 Å². The Hall–Kier alpha value is -2.86. The fourth-order valence-corrected chi connectivity index (χ4v) is 3.91. The van der Waals surface area contributed by atoms with Crippen molar-refractivity contribution in [2.45, 2.75) is 31.7 Å². The van der Waals surface area contributed by atoms with Gasteiger partial charge in [-0.1, -0.05) is 60.7 Å². The predicted octanol–water partition coefficient (Wildman–Crippen LogP) is 3.25. The van der Waals surface area contributed by atoms with Crippen LogP contribution >= 0.6 is 0 Å². The molecule has 0 unspecified atom stereocenters. The number of hydrogen-bond acceptors (Lipinski definition) is 4. The maximum Gasteiger partial charge on any atom is 0.407 e. The smallest absolute Gasteiger partial charge is 0.407 e. The van der Waals surface area contributed by atoms with E-state index < -0.39 is 6.09 Å². The fourth-order valence-electron chi connectivity index (χ4n) is 3.91. The number of benzene rings is 2. The van der Waals surface area contributed by atoms with Crippen LogP contribution in [-0.2, 0) is 20.9 Å². The van der Waals surface area contributed by atoms with Gasteiger partial charge in [-0.05, 0) is 18.4 Å². The van der Waals surface area contributed by atoms with Crippen LogP contribution in [0.3, 0.4) is 0 Å². The van der Waals surface area contributed by atoms with Crippen molar-refractivity contribution >= 4 is 12.0 Å². The Kier molecular flexibility index (Phi) is 5.58. The summed E-state index contributed by atoms with van der Waals surface area (Å²) in [6.07, 6.45) is 0.615. The van der Waals surface area contributed by atoms with Crippen LogP contribution in [0.5, 0.6) is 0 Å². The summed E-state index contributed by atoms with van der Waals surface area (Å²) in [6.45, 7) is 1.22. The second-order valence-electron chi connectivity index (χ2n) is 7.21. The van der Waals surface area contributed by atoms with Crippen LogP contribution in [0.2, 0.25) is 0 Å². The monoisotopic (exact) mass is 380 g/mol. The van der Waals surface area contributed by atoms with Crippen molar-refractivity contribution in [2.24, 2.45) is 5.92 Å². The molecule has 6 nitrogen and oxygen atoms in total. The largest absolute Gasteiger partial charge is 0.445 e. The molecule has 0 bridgehead atoms. The highest BCUT2D eigenvalue weighted by molar-refractivity contribution is 5.82. The quantitative estimate of drug-likeness (QED) is 0.835. The zero-order chi connectivity index (χ0) is 19.3. The molecule has 2 aromatic carbocycles. The number of carbonyl (C=O) groups excluding carboxylic acids is 2. The first kappa shape index (κ1) is 18.5. The minimum atomic E-state index is -0.458. The van der Waals surface area contributed by atoms with Crippen molar-refractivity contribution in [2.75, 3.05) is 13.2 Å². The molecule has 1 N–H and O–H groups in total. The molecule has 2 aromatic rings. The first-order valence-electron chi connectivity index (χ1n) is 9.65. The lowest BCUT2D eigenvalue weighted by molar-refractivity contribution is -0.137. The third-order valence-corrected chi connectivity index (χ3v) is 5.31. The molecule has 6 heteroatoms. The lowest BCUT2D eigenvalue weighted by Gasteiger charge is -2.23. The molecule has 0 saturated carbocycles. The number of rotatable bonds is 6. The zero-order valence-corrected chi connectivity index (χ0v) is 15.6. The maximum atomic E-state index is 12.9. The minimum absolute atomic E-state index is 0.0884. The number of hydrogen-bond donors (Lipinski definition) is 1. The van der Waals surface area contributed by atoms with E-state index in [1.165, 1.54) is 0 Å². The van der Waals surface area contributed by atoms with Crippen LogP contribution in [0, 0.1) is 5.92 Å². The molecule has 0 aromatic heterocycles. The van der Waals surface area contributed by atoms with Gasteiger partial charge in [0.25, 0.3) is 0 Å². The lowest BCUT2D eigenvalue weighted by atomic mass is 10.0. The van der Waals surface area contributed by atoms with Gasteiger partial charge < -0.3 is 19.7 Å². The molecular formula is C22H24N2O4. The molecule has 2 saturated heterocycles. The van der Waals surface area contributed by atoms with E-state index in [9.17, 15) is 9.59 Å². The van der Waals surface area contributed by atoms with E-state index in [-0.39, 0.29) is 30.7 Å². The highest BCUT2D eigenvalue weighted by Crippen LogP contribution is 2.40. The number of nitrogens with one attached hydrogen (secondary N) is 1. The second kappa shape index (κ2) is 8.44. The SMILES string of the molecule is O=C(NCC[C@H]1C[C@H]2CO[C@H](c3ccccc3)N2C1=O)OCc1ccccc1. The summed E-state index contributed by atoms with van der Waals surface area (Å²) in [5, 5.41) is 2.75. The minimum Gasteiger partial charge on any atom is -0.445 e. The first-order chi connectivity index (χ1) is 13.7. The van der Waals surface area contributed by atoms with Gasteiger partial charge in [-0.2, -0.15) is 0 Å². The summed E-state index contributed by atoms with van der Waals surface area (Å²) >= 11 is 0. The average molecular weight is 380 g/mol. The molecule has 0 radical (unpaired) electrons. The highest BCUT2D eigenvalue weighted by Gasteiger charge is 2.47. The molecule has 2 heterocycles. The van der Waals surface area contributed by atoms with E-state index in [0.29, 0.717) is 19.6 Å². The molecule has 4 rings (SSSR count). The van der Waals surface area contributed by atoms with E-state index in [4.69, 9.17) is 9.47 Å². The van der Waals surface area contributed by atoms with E-state index in [1.807, 2.05) is 65.6 Å². The normalized spacial score (nSPS) is 23.5. The molecule has 0 aliphatic carbocycles. The van der Waals surface area contributed by atoms with E-state index in [1.54, 1.807) is 0 Å². The standard InChI is InChI=1S/C22H24N2O4/c25-20-18(11-12-23-22(26)28-14-16-7-3-1-4-8-16)13-19-15-27-21(24(19)20)17-9-5-2-6-10-17/h1-10,18-19,21H,11-15H2,(H,23,26)/t18-,19-,21+/m0/s1. The van der Waals surface area contributed by atoms with Crippen LogP contribution in [0.25, 0.3) is 0 Å². The Morgan fingerprint density at radius 1 is 1.11 bits per heavy atom. The molecule has 0 spiro atoms. The predicted molar refractivity (Wildman–Crippen MR) is 103 cm³/mol. The van der Waals surface area contributed by atoms with Crippen LogP contribution < -0.4 is 5.32 Å². The maximum absolute atomic E-state index is 12.9. The van der Waals surface area contributed by atoms with Gasteiger partial charge in [0.1, 0.15) is 6.61 Å². The summed E-state index contributed by atoms with van der Waals surface area (Å²) in [5.41, 5.74) is 1.94. The molecule has 2 aliphatic rings. The van der Waals surface area contributed by atoms with Crippen LogP contribution in [0.4, 0.5) is 4.79 Å². The third-order valence-electron chi connectivity index (χ3n) is 5.31. The van der Waals surface area contributed by atoms with Crippen molar-refractivity contribution in [3.8, 4) is 0 Å². The fraction of sp³-hybridized carbons (Fsp3) is 0.364. The number of ether oxygens (including phenoxy) is 2. The third kappa shape index (κ3) is 4.02. The molecular weight excluding hydrogens is 356 g/mol. The Labute approximate surface area is 164 Å². The van der Waals surface area contributed by atoms with Gasteiger partial charge in [-0.25, -0.2) is 4.79 Å². The number of carbonyl (C=O) groups is 2. The Balaban J connectivity index is 1.24. The molecule has 2 fully saturated rings. The Morgan fingerprint density at radius 3 is 2.57 bits per heavy atom. The molecule has 28 heavy (non-hydrogen) atoms. The number of alkyl carbamates (subject to hydrolysis) is 1.